The third-order valence-corrected chi connectivity index (χ3v) is 3.81. The molecule has 3 N–H and O–H groups in total. The van der Waals surface area contributed by atoms with Crippen LogP contribution in [-0.4, -0.2) is 22.6 Å². The lowest BCUT2D eigenvalue weighted by molar-refractivity contribution is -0.121. The molecule has 0 saturated carbocycles. The first-order chi connectivity index (χ1) is 12.1. The normalized spacial score (nSPS) is 10.4. The summed E-state index contributed by atoms with van der Waals surface area (Å²) in [5, 5.41) is 2.04. The highest BCUT2D eigenvalue weighted by atomic mass is 16.2. The van der Waals surface area contributed by atoms with Gasteiger partial charge < -0.3 is 4.98 Å². The minimum absolute atomic E-state index is 0.00331. The van der Waals surface area contributed by atoms with Crippen LogP contribution in [0, 0.1) is 0 Å². The molecule has 0 aliphatic heterocycles. The van der Waals surface area contributed by atoms with Crippen molar-refractivity contribution in [2.45, 2.75) is 12.8 Å². The zero-order chi connectivity index (χ0) is 17.6. The second kappa shape index (κ2) is 7.44. The molecule has 2 amide bonds. The largest absolute Gasteiger partial charge is 0.357 e. The Balaban J connectivity index is 1.50. The number of hydrogen-bond acceptors (Lipinski definition) is 3. The van der Waals surface area contributed by atoms with Gasteiger partial charge in [-0.3, -0.25) is 25.2 Å². The molecule has 3 rings (SSSR count). The molecule has 2 aromatic carbocycles. The monoisotopic (exact) mass is 335 g/mol. The van der Waals surface area contributed by atoms with Gasteiger partial charge in [-0.2, -0.15) is 0 Å². The van der Waals surface area contributed by atoms with E-state index in [2.05, 4.69) is 15.8 Å². The minimum atomic E-state index is -0.445. The van der Waals surface area contributed by atoms with Gasteiger partial charge in [-0.25, -0.2) is 0 Å². The molecule has 6 nitrogen and oxygen atoms in total. The van der Waals surface area contributed by atoms with Crippen molar-refractivity contribution in [1.82, 2.24) is 15.8 Å². The number of aromatic nitrogens is 1. The molecule has 1 heterocycles. The van der Waals surface area contributed by atoms with E-state index in [9.17, 15) is 14.4 Å². The zero-order valence-electron chi connectivity index (χ0n) is 13.4. The van der Waals surface area contributed by atoms with Crippen LogP contribution in [-0.2, 0) is 4.79 Å². The van der Waals surface area contributed by atoms with Crippen molar-refractivity contribution in [3.05, 3.63) is 72.1 Å². The van der Waals surface area contributed by atoms with Crippen LogP contribution >= 0.6 is 0 Å². The number of hydrazine groups is 1. The Labute approximate surface area is 144 Å². The van der Waals surface area contributed by atoms with E-state index in [1.807, 2.05) is 36.4 Å². The van der Waals surface area contributed by atoms with Gasteiger partial charge in [0.15, 0.2) is 5.78 Å². The average molecular weight is 335 g/mol. The van der Waals surface area contributed by atoms with Gasteiger partial charge in [0.2, 0.25) is 5.91 Å². The van der Waals surface area contributed by atoms with Crippen LogP contribution in [0.15, 0.2) is 60.8 Å². The molecule has 126 valence electrons. The molecule has 0 spiro atoms. The van der Waals surface area contributed by atoms with Crippen molar-refractivity contribution >= 4 is 28.4 Å². The molecule has 3 aromatic rings. The van der Waals surface area contributed by atoms with E-state index in [1.165, 1.54) is 0 Å². The second-order valence-electron chi connectivity index (χ2n) is 5.57. The van der Waals surface area contributed by atoms with Crippen LogP contribution in [0.1, 0.15) is 33.7 Å². The quantitative estimate of drug-likeness (QED) is 0.494. The maximum absolute atomic E-state index is 12.2. The van der Waals surface area contributed by atoms with Crippen molar-refractivity contribution in [2.75, 3.05) is 0 Å². The van der Waals surface area contributed by atoms with Crippen LogP contribution in [0.4, 0.5) is 0 Å². The summed E-state index contributed by atoms with van der Waals surface area (Å²) < 4.78 is 0. The predicted octanol–water partition coefficient (Wildman–Crippen LogP) is 2.59. The van der Waals surface area contributed by atoms with Crippen LogP contribution in [0.3, 0.4) is 0 Å². The van der Waals surface area contributed by atoms with Gasteiger partial charge in [-0.1, -0.05) is 36.4 Å². The Morgan fingerprint density at radius 2 is 1.64 bits per heavy atom. The number of hydrogen-bond donors (Lipinski definition) is 3. The summed E-state index contributed by atoms with van der Waals surface area (Å²) in [7, 11) is 0. The molecule has 0 fully saturated rings. The van der Waals surface area contributed by atoms with Gasteiger partial charge in [-0.05, 0) is 29.0 Å². The van der Waals surface area contributed by atoms with E-state index in [1.54, 1.807) is 24.4 Å². The van der Waals surface area contributed by atoms with E-state index in [0.717, 1.165) is 10.8 Å². The van der Waals surface area contributed by atoms with Crippen LogP contribution < -0.4 is 10.9 Å². The summed E-state index contributed by atoms with van der Waals surface area (Å²) in [5.41, 5.74) is 5.50. The molecular weight excluding hydrogens is 318 g/mol. The Kier molecular flexibility index (Phi) is 4.89. The first-order valence-corrected chi connectivity index (χ1v) is 7.88. The third-order valence-electron chi connectivity index (χ3n) is 3.81. The van der Waals surface area contributed by atoms with Gasteiger partial charge in [0.05, 0.1) is 0 Å². The number of aromatic amines is 1. The van der Waals surface area contributed by atoms with Crippen LogP contribution in [0.5, 0.6) is 0 Å². The topological polar surface area (TPSA) is 91.1 Å². The summed E-state index contributed by atoms with van der Waals surface area (Å²) in [5.74, 6) is -0.982. The van der Waals surface area contributed by atoms with E-state index in [4.69, 9.17) is 0 Å². The van der Waals surface area contributed by atoms with Gasteiger partial charge in [0.1, 0.15) is 5.69 Å². The molecule has 25 heavy (non-hydrogen) atoms. The number of H-pyrrole nitrogens is 1. The number of carbonyl (C=O) groups is 3. The number of carbonyl (C=O) groups excluding carboxylic acids is 3. The zero-order valence-corrected chi connectivity index (χ0v) is 13.4. The SMILES string of the molecule is O=C(CCC(=O)c1ccc2ccccc2c1)NNC(=O)c1ccc[nH]1. The fraction of sp³-hybridized carbons (Fsp3) is 0.105. The molecule has 0 aliphatic carbocycles. The smallest absolute Gasteiger partial charge is 0.286 e. The highest BCUT2D eigenvalue weighted by Gasteiger charge is 2.11. The number of ketones is 1. The fourth-order valence-electron chi connectivity index (χ4n) is 2.46. The summed E-state index contributed by atoms with van der Waals surface area (Å²) in [6.07, 6.45) is 1.68. The number of fused-ring (bicyclic) bond motifs is 1. The van der Waals surface area contributed by atoms with Gasteiger partial charge >= 0.3 is 0 Å². The molecule has 0 unspecified atom stereocenters. The molecule has 0 bridgehead atoms. The molecule has 1 aromatic heterocycles. The van der Waals surface area contributed by atoms with Crippen molar-refractivity contribution in [3.63, 3.8) is 0 Å². The van der Waals surface area contributed by atoms with E-state index < -0.39 is 11.8 Å². The molecule has 0 radical (unpaired) electrons. The van der Waals surface area contributed by atoms with Crippen molar-refractivity contribution in [2.24, 2.45) is 0 Å². The number of amides is 2. The van der Waals surface area contributed by atoms with Crippen LogP contribution in [0.25, 0.3) is 10.8 Å². The molecule has 0 saturated heterocycles. The van der Waals surface area contributed by atoms with Gasteiger partial charge in [-0.15, -0.1) is 0 Å². The Morgan fingerprint density at radius 1 is 0.840 bits per heavy atom. The summed E-state index contributed by atoms with van der Waals surface area (Å²) in [6.45, 7) is 0. The number of rotatable bonds is 5. The van der Waals surface area contributed by atoms with E-state index in [0.29, 0.717) is 11.3 Å². The predicted molar refractivity (Wildman–Crippen MR) is 93.9 cm³/mol. The molecule has 0 aliphatic rings. The van der Waals surface area contributed by atoms with Crippen molar-refractivity contribution in [1.29, 1.82) is 0 Å². The first kappa shape index (κ1) is 16.4. The molecule has 0 atom stereocenters. The highest BCUT2D eigenvalue weighted by Crippen LogP contribution is 2.17. The maximum Gasteiger partial charge on any atom is 0.286 e. The van der Waals surface area contributed by atoms with Crippen LogP contribution in [0.2, 0.25) is 0 Å². The Hall–Kier alpha value is -3.41. The number of benzene rings is 2. The fourth-order valence-corrected chi connectivity index (χ4v) is 2.46. The molecular formula is C19H17N3O3. The highest BCUT2D eigenvalue weighted by molar-refractivity contribution is 6.01. The Morgan fingerprint density at radius 3 is 2.40 bits per heavy atom. The van der Waals surface area contributed by atoms with E-state index >= 15 is 0 Å². The lowest BCUT2D eigenvalue weighted by Gasteiger charge is -2.06. The lowest BCUT2D eigenvalue weighted by Crippen LogP contribution is -2.41. The summed E-state index contributed by atoms with van der Waals surface area (Å²) in [4.78, 5) is 38.4. The van der Waals surface area contributed by atoms with Gasteiger partial charge in [0, 0.05) is 24.6 Å². The van der Waals surface area contributed by atoms with Crippen molar-refractivity contribution in [3.8, 4) is 0 Å². The first-order valence-electron chi connectivity index (χ1n) is 7.88. The number of nitrogens with one attached hydrogen (secondary N) is 3. The second-order valence-corrected chi connectivity index (χ2v) is 5.57. The molecule has 6 heteroatoms. The summed E-state index contributed by atoms with van der Waals surface area (Å²) in [6, 6.07) is 16.5. The average Bonchev–Trinajstić information content (AvgIpc) is 3.18. The lowest BCUT2D eigenvalue weighted by atomic mass is 10.0. The van der Waals surface area contributed by atoms with E-state index in [-0.39, 0.29) is 18.6 Å². The maximum atomic E-state index is 12.2. The van der Waals surface area contributed by atoms with Gasteiger partial charge in [0.25, 0.3) is 5.91 Å². The standard InChI is InChI=1S/C19H17N3O3/c23-17(15-8-7-13-4-1-2-5-14(13)12-15)9-10-18(24)21-22-19(25)16-6-3-11-20-16/h1-8,11-12,20H,9-10H2,(H,21,24)(H,22,25). The third kappa shape index (κ3) is 4.11. The minimum Gasteiger partial charge on any atom is -0.357 e. The summed E-state index contributed by atoms with van der Waals surface area (Å²) >= 11 is 0. The number of Topliss-reactive ketones (excluding diaryl/α,β-unsaturated/α-hetero) is 1. The Bertz CT molecular complexity index is 917. The van der Waals surface area contributed by atoms with Crippen molar-refractivity contribution < 1.29 is 14.4 Å².